The number of nitrogens with zero attached hydrogens (tertiary/aromatic N) is 2. The molecule has 0 unspecified atom stereocenters. The summed E-state index contributed by atoms with van der Waals surface area (Å²) in [7, 11) is 2.96. The highest BCUT2D eigenvalue weighted by Gasteiger charge is 2.13. The van der Waals surface area contributed by atoms with Gasteiger partial charge < -0.3 is 11.1 Å². The van der Waals surface area contributed by atoms with Gasteiger partial charge in [0.1, 0.15) is 11.5 Å². The van der Waals surface area contributed by atoms with Crippen molar-refractivity contribution in [1.29, 1.82) is 0 Å². The minimum Gasteiger partial charge on any atom is -0.383 e. The molecule has 0 spiro atoms. The van der Waals surface area contributed by atoms with Gasteiger partial charge in [0.25, 0.3) is 5.56 Å². The molecule has 0 bridgehead atoms. The van der Waals surface area contributed by atoms with Crippen LogP contribution in [-0.2, 0) is 14.1 Å². The molecule has 15 heavy (non-hydrogen) atoms. The molecule has 6 nitrogen and oxygen atoms in total. The molecule has 0 saturated heterocycles. The van der Waals surface area contributed by atoms with Gasteiger partial charge in [0.05, 0.1) is 0 Å². The smallest absolute Gasteiger partial charge is 0.332 e. The fraction of sp³-hybridized carbons (Fsp3) is 0.556. The number of hydrogen-bond acceptors (Lipinski definition) is 4. The number of anilines is 2. The van der Waals surface area contributed by atoms with E-state index in [0.29, 0.717) is 0 Å². The first-order valence-electron chi connectivity index (χ1n) is 4.68. The molecule has 0 aliphatic rings. The third-order valence-corrected chi connectivity index (χ3v) is 2.14. The van der Waals surface area contributed by atoms with E-state index in [4.69, 9.17) is 5.73 Å². The van der Waals surface area contributed by atoms with E-state index in [1.165, 1.54) is 18.7 Å². The van der Waals surface area contributed by atoms with Gasteiger partial charge in [0.15, 0.2) is 0 Å². The monoisotopic (exact) mass is 212 g/mol. The Labute approximate surface area is 87.3 Å². The summed E-state index contributed by atoms with van der Waals surface area (Å²) < 4.78 is 2.27. The predicted molar refractivity (Wildman–Crippen MR) is 60.1 cm³/mol. The van der Waals surface area contributed by atoms with Crippen LogP contribution in [0.4, 0.5) is 11.5 Å². The molecule has 0 aliphatic heterocycles. The molecule has 0 radical (unpaired) electrons. The molecule has 1 aromatic rings. The van der Waals surface area contributed by atoms with E-state index in [9.17, 15) is 9.59 Å². The van der Waals surface area contributed by atoms with Crippen LogP contribution < -0.4 is 22.3 Å². The van der Waals surface area contributed by atoms with Gasteiger partial charge in [-0.1, -0.05) is 0 Å². The van der Waals surface area contributed by atoms with Crippen LogP contribution in [0.1, 0.15) is 13.8 Å². The van der Waals surface area contributed by atoms with E-state index in [1.54, 1.807) is 0 Å². The van der Waals surface area contributed by atoms with Crippen LogP contribution in [0.5, 0.6) is 0 Å². The Hall–Kier alpha value is -1.72. The van der Waals surface area contributed by atoms with Crippen LogP contribution in [0.25, 0.3) is 0 Å². The molecule has 0 fully saturated rings. The second kappa shape index (κ2) is 3.80. The van der Waals surface area contributed by atoms with E-state index in [0.717, 1.165) is 4.57 Å². The third-order valence-electron chi connectivity index (χ3n) is 2.14. The summed E-state index contributed by atoms with van der Waals surface area (Å²) in [6, 6.07) is 0.0810. The van der Waals surface area contributed by atoms with Gasteiger partial charge >= 0.3 is 5.69 Å². The van der Waals surface area contributed by atoms with Crippen molar-refractivity contribution in [3.63, 3.8) is 0 Å². The van der Waals surface area contributed by atoms with Crippen molar-refractivity contribution in [2.24, 2.45) is 14.1 Å². The summed E-state index contributed by atoms with van der Waals surface area (Å²) in [6.45, 7) is 3.79. The standard InChI is InChI=1S/C9H16N4O2/c1-5(2)11-6-7(10)12(3)9(15)13(4)8(6)14/h5,11H,10H2,1-4H3. The quantitative estimate of drug-likeness (QED) is 0.691. The lowest BCUT2D eigenvalue weighted by atomic mass is 10.3. The zero-order valence-electron chi connectivity index (χ0n) is 9.37. The van der Waals surface area contributed by atoms with Gasteiger partial charge in [0, 0.05) is 20.1 Å². The number of nitrogens with two attached hydrogens (primary N) is 1. The van der Waals surface area contributed by atoms with Gasteiger partial charge in [0.2, 0.25) is 0 Å². The predicted octanol–water partition coefficient (Wildman–Crippen LogP) is -0.513. The van der Waals surface area contributed by atoms with E-state index in [2.05, 4.69) is 5.32 Å². The van der Waals surface area contributed by atoms with Gasteiger partial charge in [-0.25, -0.2) is 4.79 Å². The van der Waals surface area contributed by atoms with Gasteiger partial charge in [-0.3, -0.25) is 13.9 Å². The molecule has 1 heterocycles. The van der Waals surface area contributed by atoms with E-state index in [1.807, 2.05) is 13.8 Å². The normalized spacial score (nSPS) is 10.7. The zero-order chi connectivity index (χ0) is 11.7. The molecular formula is C9H16N4O2. The minimum absolute atomic E-state index is 0.0810. The molecule has 1 aromatic heterocycles. The average Bonchev–Trinajstić information content (AvgIpc) is 2.18. The Morgan fingerprint density at radius 1 is 1.20 bits per heavy atom. The molecule has 0 atom stereocenters. The zero-order valence-corrected chi connectivity index (χ0v) is 9.37. The maximum atomic E-state index is 11.7. The summed E-state index contributed by atoms with van der Waals surface area (Å²) in [6.07, 6.45) is 0. The summed E-state index contributed by atoms with van der Waals surface area (Å²) in [4.78, 5) is 23.2. The van der Waals surface area contributed by atoms with Crippen LogP contribution in [0, 0.1) is 0 Å². The van der Waals surface area contributed by atoms with Crippen LogP contribution in [0.15, 0.2) is 9.59 Å². The van der Waals surface area contributed by atoms with Crippen LogP contribution in [0.3, 0.4) is 0 Å². The van der Waals surface area contributed by atoms with E-state index < -0.39 is 11.2 Å². The second-order valence-corrected chi connectivity index (χ2v) is 3.77. The van der Waals surface area contributed by atoms with E-state index >= 15 is 0 Å². The first-order chi connectivity index (χ1) is 6.86. The highest BCUT2D eigenvalue weighted by Crippen LogP contribution is 2.09. The Morgan fingerprint density at radius 3 is 2.20 bits per heavy atom. The highest BCUT2D eigenvalue weighted by atomic mass is 16.2. The number of aromatic nitrogens is 2. The van der Waals surface area contributed by atoms with Gasteiger partial charge in [-0.2, -0.15) is 0 Å². The second-order valence-electron chi connectivity index (χ2n) is 3.77. The van der Waals surface area contributed by atoms with Crippen molar-refractivity contribution in [1.82, 2.24) is 9.13 Å². The molecule has 0 aromatic carbocycles. The van der Waals surface area contributed by atoms with Crippen LogP contribution >= 0.6 is 0 Å². The average molecular weight is 212 g/mol. The van der Waals surface area contributed by atoms with E-state index in [-0.39, 0.29) is 17.5 Å². The third kappa shape index (κ3) is 1.88. The van der Waals surface area contributed by atoms with Crippen LogP contribution in [-0.4, -0.2) is 15.2 Å². The summed E-state index contributed by atoms with van der Waals surface area (Å²) in [5.74, 6) is 0.164. The fourth-order valence-corrected chi connectivity index (χ4v) is 1.28. The topological polar surface area (TPSA) is 82.0 Å². The summed E-state index contributed by atoms with van der Waals surface area (Å²) >= 11 is 0. The van der Waals surface area contributed by atoms with Crippen molar-refractivity contribution >= 4 is 11.5 Å². The molecule has 1 rings (SSSR count). The largest absolute Gasteiger partial charge is 0.383 e. The van der Waals surface area contributed by atoms with Crippen LogP contribution in [0.2, 0.25) is 0 Å². The molecule has 84 valence electrons. The lowest BCUT2D eigenvalue weighted by Crippen LogP contribution is -2.40. The fourth-order valence-electron chi connectivity index (χ4n) is 1.28. The summed E-state index contributed by atoms with van der Waals surface area (Å²) in [5, 5.41) is 2.93. The minimum atomic E-state index is -0.424. The van der Waals surface area contributed by atoms with Gasteiger partial charge in [-0.15, -0.1) is 0 Å². The van der Waals surface area contributed by atoms with Crippen molar-refractivity contribution in [2.45, 2.75) is 19.9 Å². The Morgan fingerprint density at radius 2 is 1.73 bits per heavy atom. The first-order valence-corrected chi connectivity index (χ1v) is 4.68. The number of nitrogens with one attached hydrogen (secondary N) is 1. The SMILES string of the molecule is CC(C)Nc1c(N)n(C)c(=O)n(C)c1=O. The lowest BCUT2D eigenvalue weighted by Gasteiger charge is -2.15. The molecular weight excluding hydrogens is 196 g/mol. The molecule has 3 N–H and O–H groups in total. The maximum Gasteiger partial charge on any atom is 0.332 e. The maximum absolute atomic E-state index is 11.7. The Kier molecular flexibility index (Phi) is 2.88. The van der Waals surface area contributed by atoms with Crippen molar-refractivity contribution in [3.8, 4) is 0 Å². The van der Waals surface area contributed by atoms with Gasteiger partial charge in [-0.05, 0) is 13.8 Å². The molecule has 0 saturated carbocycles. The van der Waals surface area contributed by atoms with Crippen molar-refractivity contribution in [3.05, 3.63) is 20.8 Å². The summed E-state index contributed by atoms with van der Waals surface area (Å²) in [5.41, 5.74) is 5.14. The lowest BCUT2D eigenvalue weighted by molar-refractivity contribution is 0.692. The molecule has 0 aliphatic carbocycles. The van der Waals surface area contributed by atoms with Crippen molar-refractivity contribution in [2.75, 3.05) is 11.1 Å². The highest BCUT2D eigenvalue weighted by molar-refractivity contribution is 5.60. The van der Waals surface area contributed by atoms with Crippen molar-refractivity contribution < 1.29 is 0 Å². The number of hydrogen-bond donors (Lipinski definition) is 2. The number of rotatable bonds is 2. The Balaban J connectivity index is 3.53. The Bertz CT molecular complexity index is 484. The molecule has 0 amide bonds. The number of nitrogen functional groups attached to an aromatic ring is 1. The molecule has 6 heteroatoms. The first kappa shape index (κ1) is 11.4.